The Balaban J connectivity index is 1.90. The molecule has 2 N–H and O–H groups in total. The van der Waals surface area contributed by atoms with Crippen LogP contribution in [0.3, 0.4) is 0 Å². The maximum absolute atomic E-state index is 10.5. The number of nitrogens with one attached hydrogen (secondary N) is 1. The predicted octanol–water partition coefficient (Wildman–Crippen LogP) is 0.994. The molecule has 0 saturated carbocycles. The Morgan fingerprint density at radius 3 is 2.59 bits per heavy atom. The fourth-order valence-corrected chi connectivity index (χ4v) is 3.03. The minimum Gasteiger partial charge on any atom is -0.388 e. The molecule has 2 saturated heterocycles. The van der Waals surface area contributed by atoms with Crippen LogP contribution >= 0.6 is 0 Å². The van der Waals surface area contributed by atoms with Gasteiger partial charge in [0.1, 0.15) is 0 Å². The molecule has 0 aromatic heterocycles. The lowest BCUT2D eigenvalue weighted by molar-refractivity contribution is -0.0567. The number of hydrogen-bond acceptors (Lipinski definition) is 4. The Kier molecular flexibility index (Phi) is 6.92. The minimum absolute atomic E-state index is 0.379. The van der Waals surface area contributed by atoms with Gasteiger partial charge in [-0.1, -0.05) is 0 Å². The fourth-order valence-electron chi connectivity index (χ4n) is 3.03. The number of hydrogen-bond donors (Lipinski definition) is 2. The van der Waals surface area contributed by atoms with Crippen LogP contribution in [0.5, 0.6) is 0 Å². The van der Waals surface area contributed by atoms with E-state index in [-0.39, 0.29) is 0 Å². The van der Waals surface area contributed by atoms with Gasteiger partial charge in [-0.15, -0.1) is 0 Å². The first-order valence-electron chi connectivity index (χ1n) is 8.62. The summed E-state index contributed by atoms with van der Waals surface area (Å²) in [5, 5.41) is 13.9. The van der Waals surface area contributed by atoms with Crippen molar-refractivity contribution in [3.05, 3.63) is 0 Å². The van der Waals surface area contributed by atoms with E-state index in [2.05, 4.69) is 22.1 Å². The van der Waals surface area contributed by atoms with Gasteiger partial charge in [-0.25, -0.2) is 0 Å². The van der Waals surface area contributed by atoms with Crippen LogP contribution in [-0.2, 0) is 9.47 Å². The Morgan fingerprint density at radius 2 is 2.00 bits per heavy atom. The van der Waals surface area contributed by atoms with E-state index >= 15 is 0 Å². The van der Waals surface area contributed by atoms with E-state index < -0.39 is 5.60 Å². The van der Waals surface area contributed by atoms with Crippen LogP contribution < -0.4 is 5.32 Å². The third-order valence-corrected chi connectivity index (χ3v) is 4.43. The van der Waals surface area contributed by atoms with Gasteiger partial charge in [-0.05, 0) is 26.7 Å². The van der Waals surface area contributed by atoms with Gasteiger partial charge in [0.05, 0.1) is 18.2 Å². The minimum atomic E-state index is -0.706. The number of ether oxygens (including phenoxy) is 2. The van der Waals surface area contributed by atoms with Crippen molar-refractivity contribution >= 4 is 5.96 Å². The summed E-state index contributed by atoms with van der Waals surface area (Å²) < 4.78 is 11.0. The molecule has 0 spiro atoms. The lowest BCUT2D eigenvalue weighted by Crippen LogP contribution is -2.48. The molecule has 2 rings (SSSR count). The topological polar surface area (TPSA) is 66.3 Å². The van der Waals surface area contributed by atoms with Crippen LogP contribution in [0.2, 0.25) is 0 Å². The van der Waals surface area contributed by atoms with Crippen molar-refractivity contribution in [3.8, 4) is 0 Å². The number of likely N-dealkylation sites (tertiary alicyclic amines) is 1. The molecule has 0 aromatic rings. The van der Waals surface area contributed by atoms with E-state index in [1.165, 1.54) is 0 Å². The second-order valence-corrected chi connectivity index (χ2v) is 6.15. The van der Waals surface area contributed by atoms with E-state index in [4.69, 9.17) is 9.47 Å². The predicted molar refractivity (Wildman–Crippen MR) is 87.2 cm³/mol. The van der Waals surface area contributed by atoms with Crippen LogP contribution in [0.15, 0.2) is 4.99 Å². The summed E-state index contributed by atoms with van der Waals surface area (Å²) in [6.45, 7) is 9.36. The normalized spacial score (nSPS) is 23.6. The van der Waals surface area contributed by atoms with Crippen molar-refractivity contribution in [2.75, 3.05) is 46.0 Å². The van der Waals surface area contributed by atoms with E-state index in [0.717, 1.165) is 45.0 Å². The molecular weight excluding hydrogens is 282 g/mol. The van der Waals surface area contributed by atoms with Gasteiger partial charge in [0, 0.05) is 52.3 Å². The second kappa shape index (κ2) is 8.70. The van der Waals surface area contributed by atoms with E-state index in [1.807, 2.05) is 6.92 Å². The van der Waals surface area contributed by atoms with E-state index in [0.29, 0.717) is 38.7 Å². The average Bonchev–Trinajstić information content (AvgIpc) is 2.53. The van der Waals surface area contributed by atoms with Gasteiger partial charge in [-0.3, -0.25) is 4.99 Å². The Hall–Kier alpha value is -0.850. The number of nitrogens with zero attached hydrogens (tertiary/aromatic N) is 2. The first kappa shape index (κ1) is 17.5. The summed E-state index contributed by atoms with van der Waals surface area (Å²) in [5.74, 6) is 0.914. The van der Waals surface area contributed by atoms with Gasteiger partial charge >= 0.3 is 0 Å². The first-order valence-corrected chi connectivity index (χ1v) is 8.62. The van der Waals surface area contributed by atoms with Crippen LogP contribution in [0, 0.1) is 0 Å². The molecule has 0 unspecified atom stereocenters. The zero-order chi connectivity index (χ0) is 15.8. The molecule has 0 bridgehead atoms. The SMILES string of the molecule is CCNC(=NCC1(O)CCOCC1)N1CCC(OCC)CC1. The van der Waals surface area contributed by atoms with Gasteiger partial charge in [0.25, 0.3) is 0 Å². The van der Waals surface area contributed by atoms with Crippen molar-refractivity contribution in [2.45, 2.75) is 51.2 Å². The summed E-state index contributed by atoms with van der Waals surface area (Å²) in [7, 11) is 0. The molecule has 2 fully saturated rings. The molecule has 2 aliphatic heterocycles. The highest BCUT2D eigenvalue weighted by molar-refractivity contribution is 5.80. The molecule has 0 amide bonds. The van der Waals surface area contributed by atoms with Crippen molar-refractivity contribution in [1.29, 1.82) is 0 Å². The largest absolute Gasteiger partial charge is 0.388 e. The number of aliphatic imine (C=N–C) groups is 1. The van der Waals surface area contributed by atoms with Crippen LogP contribution in [0.25, 0.3) is 0 Å². The van der Waals surface area contributed by atoms with Crippen molar-refractivity contribution in [3.63, 3.8) is 0 Å². The maximum Gasteiger partial charge on any atom is 0.194 e. The summed E-state index contributed by atoms with van der Waals surface area (Å²) in [6.07, 6.45) is 3.79. The van der Waals surface area contributed by atoms with Crippen LogP contribution in [-0.4, -0.2) is 73.7 Å². The lowest BCUT2D eigenvalue weighted by Gasteiger charge is -2.35. The van der Waals surface area contributed by atoms with Gasteiger partial charge in [0.2, 0.25) is 0 Å². The summed E-state index contributed by atoms with van der Waals surface area (Å²) >= 11 is 0. The third kappa shape index (κ3) is 5.11. The molecular formula is C16H31N3O3. The van der Waals surface area contributed by atoms with Gasteiger partial charge in [0.15, 0.2) is 5.96 Å². The van der Waals surface area contributed by atoms with Crippen molar-refractivity contribution in [2.24, 2.45) is 4.99 Å². The monoisotopic (exact) mass is 313 g/mol. The van der Waals surface area contributed by atoms with E-state index in [9.17, 15) is 5.11 Å². The van der Waals surface area contributed by atoms with Crippen molar-refractivity contribution in [1.82, 2.24) is 10.2 Å². The zero-order valence-electron chi connectivity index (χ0n) is 14.0. The molecule has 0 aromatic carbocycles. The Bertz CT molecular complexity index is 349. The molecule has 0 atom stereocenters. The molecule has 0 radical (unpaired) electrons. The maximum atomic E-state index is 10.5. The highest BCUT2D eigenvalue weighted by atomic mass is 16.5. The average molecular weight is 313 g/mol. The highest BCUT2D eigenvalue weighted by Crippen LogP contribution is 2.21. The zero-order valence-corrected chi connectivity index (χ0v) is 14.0. The van der Waals surface area contributed by atoms with Gasteiger partial charge < -0.3 is 24.8 Å². The standard InChI is InChI=1S/C16H31N3O3/c1-3-17-15(18-13-16(20)7-11-21-12-8-16)19-9-5-14(6-10-19)22-4-2/h14,20H,3-13H2,1-2H3,(H,17,18). The van der Waals surface area contributed by atoms with Gasteiger partial charge in [-0.2, -0.15) is 0 Å². The van der Waals surface area contributed by atoms with Crippen LogP contribution in [0.1, 0.15) is 39.5 Å². The third-order valence-electron chi connectivity index (χ3n) is 4.43. The summed E-state index contributed by atoms with van der Waals surface area (Å²) in [5.41, 5.74) is -0.706. The molecule has 6 heteroatoms. The molecule has 2 aliphatic rings. The highest BCUT2D eigenvalue weighted by Gasteiger charge is 2.30. The molecule has 2 heterocycles. The Morgan fingerprint density at radius 1 is 1.32 bits per heavy atom. The fraction of sp³-hybridized carbons (Fsp3) is 0.938. The summed E-state index contributed by atoms with van der Waals surface area (Å²) in [6, 6.07) is 0. The summed E-state index contributed by atoms with van der Waals surface area (Å²) in [4.78, 5) is 6.97. The Labute approximate surface area is 133 Å². The lowest BCUT2D eigenvalue weighted by atomic mass is 9.95. The van der Waals surface area contributed by atoms with E-state index in [1.54, 1.807) is 0 Å². The number of rotatable bonds is 5. The molecule has 0 aliphatic carbocycles. The number of guanidine groups is 1. The van der Waals surface area contributed by atoms with Crippen molar-refractivity contribution < 1.29 is 14.6 Å². The molecule has 6 nitrogen and oxygen atoms in total. The van der Waals surface area contributed by atoms with Crippen LogP contribution in [0.4, 0.5) is 0 Å². The number of aliphatic hydroxyl groups is 1. The number of piperidine rings is 1. The smallest absolute Gasteiger partial charge is 0.194 e. The molecule has 128 valence electrons. The quantitative estimate of drug-likeness (QED) is 0.585. The first-order chi connectivity index (χ1) is 10.7. The molecule has 22 heavy (non-hydrogen) atoms. The second-order valence-electron chi connectivity index (χ2n) is 6.15.